The maximum atomic E-state index is 11.5. The molecule has 0 unspecified atom stereocenters. The molecule has 0 amide bonds. The number of unbranched alkanes of at least 4 members (excludes halogenated alkanes) is 1. The number of rotatable bonds is 6. The van der Waals surface area contributed by atoms with E-state index in [0.29, 0.717) is 17.5 Å². The molecule has 2 aromatic rings. The average molecular weight is 279 g/mol. The van der Waals surface area contributed by atoms with Gasteiger partial charge < -0.3 is 15.5 Å². The van der Waals surface area contributed by atoms with Crippen molar-refractivity contribution in [1.29, 1.82) is 0 Å². The molecule has 0 radical (unpaired) electrons. The minimum atomic E-state index is -0.210. The van der Waals surface area contributed by atoms with Crippen LogP contribution in [0.3, 0.4) is 0 Å². The summed E-state index contributed by atoms with van der Waals surface area (Å²) in [5.41, 5.74) is 8.10. The lowest BCUT2D eigenvalue weighted by Crippen LogP contribution is -2.08. The molecule has 1 aromatic heterocycles. The lowest BCUT2D eigenvalue weighted by Gasteiger charge is -2.01. The summed E-state index contributed by atoms with van der Waals surface area (Å²) < 4.78 is 5.08. The maximum absolute atomic E-state index is 11.5. The van der Waals surface area contributed by atoms with Crippen LogP contribution in [0, 0.1) is 0 Å². The number of aromatic nitrogens is 2. The Labute approximate surface area is 115 Å². The van der Waals surface area contributed by atoms with Crippen molar-refractivity contribution in [3.63, 3.8) is 0 Å². The Morgan fingerprint density at radius 3 is 3.16 bits per heavy atom. The van der Waals surface area contributed by atoms with Crippen LogP contribution in [0.4, 0.5) is 5.69 Å². The summed E-state index contributed by atoms with van der Waals surface area (Å²) in [4.78, 5) is 18.9. The van der Waals surface area contributed by atoms with Crippen molar-refractivity contribution in [3.8, 4) is 0 Å². The zero-order valence-corrected chi connectivity index (χ0v) is 11.6. The number of nitrogens with two attached hydrogens (primary N) is 1. The van der Waals surface area contributed by atoms with Crippen molar-refractivity contribution < 1.29 is 9.53 Å². The number of aromatic amines is 1. The molecule has 1 heterocycles. The predicted octanol–water partition coefficient (Wildman–Crippen LogP) is 2.58. The molecule has 0 bridgehead atoms. The first-order valence-corrected chi connectivity index (χ1v) is 7.21. The van der Waals surface area contributed by atoms with E-state index in [9.17, 15) is 4.79 Å². The van der Waals surface area contributed by atoms with Crippen molar-refractivity contribution in [2.45, 2.75) is 24.9 Å². The third-order valence-corrected chi connectivity index (χ3v) is 3.42. The Morgan fingerprint density at radius 1 is 1.53 bits per heavy atom. The number of ether oxygens (including phenoxy) is 1. The van der Waals surface area contributed by atoms with Gasteiger partial charge in [-0.25, -0.2) is 4.98 Å². The normalized spacial score (nSPS) is 10.8. The van der Waals surface area contributed by atoms with Gasteiger partial charge in [0.2, 0.25) is 0 Å². The van der Waals surface area contributed by atoms with Crippen LogP contribution in [-0.4, -0.2) is 28.3 Å². The Hall–Kier alpha value is -1.69. The second-order valence-electron chi connectivity index (χ2n) is 4.18. The molecule has 102 valence electrons. The van der Waals surface area contributed by atoms with Crippen LogP contribution in [0.2, 0.25) is 0 Å². The molecule has 2 rings (SSSR count). The first-order valence-electron chi connectivity index (χ1n) is 6.22. The number of nitrogen functional groups attached to an aromatic ring is 1. The summed E-state index contributed by atoms with van der Waals surface area (Å²) in [6.45, 7) is 2.55. The molecule has 0 saturated carbocycles. The molecule has 0 aliphatic rings. The number of nitrogens with zero attached hydrogens (tertiary/aromatic N) is 1. The standard InChI is InChI=1S/C13H17N3O2S/c1-2-3-6-18-12(17)8-19-13-15-10-5-4-9(14)7-11(10)16-13/h4-5,7H,2-3,6,8,14H2,1H3,(H,15,16). The Bertz CT molecular complexity index is 568. The molecular formula is C13H17N3O2S. The fourth-order valence-corrected chi connectivity index (χ4v) is 2.25. The Kier molecular flexibility index (Phi) is 4.68. The summed E-state index contributed by atoms with van der Waals surface area (Å²) in [5.74, 6) is 0.0531. The van der Waals surface area contributed by atoms with E-state index in [1.165, 1.54) is 11.8 Å². The summed E-state index contributed by atoms with van der Waals surface area (Å²) >= 11 is 1.34. The number of fused-ring (bicyclic) bond motifs is 1. The van der Waals surface area contributed by atoms with E-state index in [4.69, 9.17) is 10.5 Å². The number of hydrogen-bond acceptors (Lipinski definition) is 5. The Balaban J connectivity index is 1.89. The van der Waals surface area contributed by atoms with Gasteiger partial charge in [0.05, 0.1) is 23.4 Å². The van der Waals surface area contributed by atoms with E-state index < -0.39 is 0 Å². The third kappa shape index (κ3) is 3.89. The summed E-state index contributed by atoms with van der Waals surface area (Å²) in [7, 11) is 0. The number of nitrogens with one attached hydrogen (secondary N) is 1. The minimum absolute atomic E-state index is 0.210. The largest absolute Gasteiger partial charge is 0.465 e. The van der Waals surface area contributed by atoms with Gasteiger partial charge in [-0.05, 0) is 24.6 Å². The van der Waals surface area contributed by atoms with Crippen LogP contribution in [0.15, 0.2) is 23.4 Å². The molecular weight excluding hydrogens is 262 g/mol. The quantitative estimate of drug-likeness (QED) is 0.367. The molecule has 19 heavy (non-hydrogen) atoms. The van der Waals surface area contributed by atoms with Crippen molar-refractivity contribution in [2.75, 3.05) is 18.1 Å². The molecule has 0 spiro atoms. The van der Waals surface area contributed by atoms with Gasteiger partial charge in [0.1, 0.15) is 0 Å². The van der Waals surface area contributed by atoms with Crippen LogP contribution >= 0.6 is 11.8 Å². The molecule has 0 fully saturated rings. The molecule has 6 heteroatoms. The average Bonchev–Trinajstić information content (AvgIpc) is 2.78. The van der Waals surface area contributed by atoms with E-state index in [-0.39, 0.29) is 11.7 Å². The van der Waals surface area contributed by atoms with Gasteiger partial charge in [-0.3, -0.25) is 4.79 Å². The first-order chi connectivity index (χ1) is 9.19. The fraction of sp³-hybridized carbons (Fsp3) is 0.385. The van der Waals surface area contributed by atoms with Gasteiger partial charge in [0.15, 0.2) is 5.16 Å². The fourth-order valence-electron chi connectivity index (χ4n) is 1.57. The predicted molar refractivity (Wildman–Crippen MR) is 77.1 cm³/mol. The maximum Gasteiger partial charge on any atom is 0.316 e. The Morgan fingerprint density at radius 2 is 2.37 bits per heavy atom. The zero-order valence-electron chi connectivity index (χ0n) is 10.8. The van der Waals surface area contributed by atoms with E-state index in [2.05, 4.69) is 16.9 Å². The van der Waals surface area contributed by atoms with Crippen molar-refractivity contribution in [1.82, 2.24) is 9.97 Å². The van der Waals surface area contributed by atoms with Gasteiger partial charge in [-0.15, -0.1) is 0 Å². The molecule has 1 aromatic carbocycles. The van der Waals surface area contributed by atoms with Crippen LogP contribution < -0.4 is 5.73 Å². The van der Waals surface area contributed by atoms with E-state index >= 15 is 0 Å². The van der Waals surface area contributed by atoms with Crippen LogP contribution in [0.1, 0.15) is 19.8 Å². The molecule has 0 saturated heterocycles. The summed E-state index contributed by atoms with van der Waals surface area (Å²) in [6.07, 6.45) is 1.92. The van der Waals surface area contributed by atoms with Gasteiger partial charge in [-0.2, -0.15) is 0 Å². The molecule has 3 N–H and O–H groups in total. The van der Waals surface area contributed by atoms with Crippen molar-refractivity contribution in [2.24, 2.45) is 0 Å². The number of anilines is 1. The number of carbonyl (C=O) groups is 1. The molecule has 5 nitrogen and oxygen atoms in total. The number of thioether (sulfide) groups is 1. The summed E-state index contributed by atoms with van der Waals surface area (Å²) in [6, 6.07) is 5.48. The van der Waals surface area contributed by atoms with Crippen molar-refractivity contribution in [3.05, 3.63) is 18.2 Å². The van der Waals surface area contributed by atoms with Gasteiger partial charge >= 0.3 is 5.97 Å². The third-order valence-electron chi connectivity index (χ3n) is 2.57. The molecule has 0 atom stereocenters. The lowest BCUT2D eigenvalue weighted by molar-refractivity contribution is -0.140. The topological polar surface area (TPSA) is 81.0 Å². The number of esters is 1. The van der Waals surface area contributed by atoms with Crippen LogP contribution in [0.5, 0.6) is 0 Å². The number of imidazole rings is 1. The van der Waals surface area contributed by atoms with Crippen LogP contribution in [0.25, 0.3) is 11.0 Å². The highest BCUT2D eigenvalue weighted by Crippen LogP contribution is 2.21. The lowest BCUT2D eigenvalue weighted by atomic mass is 10.3. The highest BCUT2D eigenvalue weighted by molar-refractivity contribution is 7.99. The highest BCUT2D eigenvalue weighted by atomic mass is 32.2. The second kappa shape index (κ2) is 6.47. The first kappa shape index (κ1) is 13.7. The SMILES string of the molecule is CCCCOC(=O)CSc1nc2ccc(N)cc2[nH]1. The summed E-state index contributed by atoms with van der Waals surface area (Å²) in [5, 5.41) is 0.702. The smallest absolute Gasteiger partial charge is 0.316 e. The number of hydrogen-bond donors (Lipinski definition) is 2. The highest BCUT2D eigenvalue weighted by Gasteiger charge is 2.08. The minimum Gasteiger partial charge on any atom is -0.465 e. The molecule has 0 aliphatic carbocycles. The second-order valence-corrected chi connectivity index (χ2v) is 5.15. The van der Waals surface area contributed by atoms with Crippen LogP contribution in [-0.2, 0) is 9.53 Å². The zero-order chi connectivity index (χ0) is 13.7. The van der Waals surface area contributed by atoms with E-state index in [1.807, 2.05) is 12.1 Å². The number of carbonyl (C=O) groups excluding carboxylic acids is 1. The number of benzene rings is 1. The van der Waals surface area contributed by atoms with Gasteiger partial charge in [0.25, 0.3) is 0 Å². The number of H-pyrrole nitrogens is 1. The van der Waals surface area contributed by atoms with E-state index in [0.717, 1.165) is 23.9 Å². The van der Waals surface area contributed by atoms with E-state index in [1.54, 1.807) is 6.07 Å². The monoisotopic (exact) mass is 279 g/mol. The van der Waals surface area contributed by atoms with Crippen molar-refractivity contribution >= 4 is 34.5 Å². The van der Waals surface area contributed by atoms with Gasteiger partial charge in [-0.1, -0.05) is 25.1 Å². The van der Waals surface area contributed by atoms with Gasteiger partial charge in [0, 0.05) is 5.69 Å². The molecule has 0 aliphatic heterocycles.